The summed E-state index contributed by atoms with van der Waals surface area (Å²) >= 11 is 0. The molecule has 0 N–H and O–H groups in total. The van der Waals surface area contributed by atoms with E-state index in [1.807, 2.05) is 12.2 Å². The lowest BCUT2D eigenvalue weighted by atomic mass is 10.1. The van der Waals surface area contributed by atoms with Gasteiger partial charge in [0.05, 0.1) is 0 Å². The van der Waals surface area contributed by atoms with E-state index in [0.717, 1.165) is 0 Å². The van der Waals surface area contributed by atoms with Crippen LogP contribution in [0.25, 0.3) is 0 Å². The van der Waals surface area contributed by atoms with Crippen molar-refractivity contribution in [2.45, 2.75) is 45.4 Å². The zero-order valence-corrected chi connectivity index (χ0v) is 8.26. The Morgan fingerprint density at radius 3 is 2.42 bits per heavy atom. The molecule has 0 atom stereocenters. The summed E-state index contributed by atoms with van der Waals surface area (Å²) in [6.07, 6.45) is 16.1. The van der Waals surface area contributed by atoms with Crippen LogP contribution in [-0.2, 0) is 0 Å². The number of unbranched alkanes of at least 4 members (excludes halogenated alkanes) is 5. The van der Waals surface area contributed by atoms with Crippen molar-refractivity contribution in [2.75, 3.05) is 0 Å². The zero-order chi connectivity index (χ0) is 9.07. The van der Waals surface area contributed by atoms with Crippen molar-refractivity contribution >= 4 is 0 Å². The third-order valence-electron chi connectivity index (χ3n) is 1.86. The summed E-state index contributed by atoms with van der Waals surface area (Å²) in [5.41, 5.74) is 0. The first-order valence-corrected chi connectivity index (χ1v) is 5.02. The van der Waals surface area contributed by atoms with Crippen molar-refractivity contribution < 1.29 is 0 Å². The molecule has 0 aliphatic rings. The molecule has 0 unspecified atom stereocenters. The monoisotopic (exact) mass is 165 g/mol. The van der Waals surface area contributed by atoms with E-state index in [2.05, 4.69) is 26.0 Å². The smallest absolute Gasteiger partial charge is 0.0313 e. The van der Waals surface area contributed by atoms with Crippen LogP contribution in [0.4, 0.5) is 0 Å². The van der Waals surface area contributed by atoms with E-state index < -0.39 is 0 Å². The molecule has 0 saturated heterocycles. The Hall–Kier alpha value is -0.520. The fraction of sp³-hybridized carbons (Fsp3) is 0.583. The van der Waals surface area contributed by atoms with Gasteiger partial charge in [-0.1, -0.05) is 56.9 Å². The first-order chi connectivity index (χ1) is 5.91. The van der Waals surface area contributed by atoms with Gasteiger partial charge in [0.25, 0.3) is 0 Å². The van der Waals surface area contributed by atoms with Gasteiger partial charge in [-0.3, -0.25) is 0 Å². The van der Waals surface area contributed by atoms with E-state index in [0.29, 0.717) is 0 Å². The Labute approximate surface area is 77.4 Å². The molecule has 0 heteroatoms. The van der Waals surface area contributed by atoms with Gasteiger partial charge in [-0.05, 0) is 19.8 Å². The molecular formula is C12H21. The van der Waals surface area contributed by atoms with Gasteiger partial charge in [-0.15, -0.1) is 0 Å². The van der Waals surface area contributed by atoms with Gasteiger partial charge >= 0.3 is 0 Å². The van der Waals surface area contributed by atoms with Crippen LogP contribution in [0.15, 0.2) is 24.3 Å². The third kappa shape index (κ3) is 9.48. The number of allylic oxidation sites excluding steroid dienone is 4. The Morgan fingerprint density at radius 1 is 1.00 bits per heavy atom. The lowest BCUT2D eigenvalue weighted by Crippen LogP contribution is -1.75. The summed E-state index contributed by atoms with van der Waals surface area (Å²) in [4.78, 5) is 0. The molecule has 0 nitrogen and oxygen atoms in total. The normalized spacial score (nSPS) is 11.8. The van der Waals surface area contributed by atoms with Gasteiger partial charge in [0, 0.05) is 0 Å². The summed E-state index contributed by atoms with van der Waals surface area (Å²) in [5, 5.41) is 0. The molecule has 0 heterocycles. The molecule has 0 spiro atoms. The summed E-state index contributed by atoms with van der Waals surface area (Å²) in [5.74, 6) is 0. The first-order valence-electron chi connectivity index (χ1n) is 5.02. The minimum absolute atomic E-state index is 1.22. The van der Waals surface area contributed by atoms with Crippen molar-refractivity contribution in [3.63, 3.8) is 0 Å². The van der Waals surface area contributed by atoms with Crippen molar-refractivity contribution in [1.82, 2.24) is 0 Å². The Balaban J connectivity index is 3.00. The van der Waals surface area contributed by atoms with Gasteiger partial charge in [0.1, 0.15) is 0 Å². The van der Waals surface area contributed by atoms with E-state index in [-0.39, 0.29) is 0 Å². The van der Waals surface area contributed by atoms with Crippen LogP contribution in [0.2, 0.25) is 0 Å². The zero-order valence-electron chi connectivity index (χ0n) is 8.26. The SMILES string of the molecule is [CH2]C=CC=CCCCCCCC. The van der Waals surface area contributed by atoms with Crippen LogP contribution in [0.5, 0.6) is 0 Å². The van der Waals surface area contributed by atoms with Gasteiger partial charge in [-0.2, -0.15) is 0 Å². The lowest BCUT2D eigenvalue weighted by Gasteiger charge is -1.95. The van der Waals surface area contributed by atoms with E-state index >= 15 is 0 Å². The molecule has 0 aliphatic carbocycles. The Kier molecular flexibility index (Phi) is 10.0. The summed E-state index contributed by atoms with van der Waals surface area (Å²) in [6, 6.07) is 0. The first kappa shape index (κ1) is 11.5. The highest BCUT2D eigenvalue weighted by Gasteiger charge is 1.85. The predicted molar refractivity (Wildman–Crippen MR) is 57.0 cm³/mol. The summed E-state index contributed by atoms with van der Waals surface area (Å²) < 4.78 is 0. The molecule has 0 aromatic rings. The fourth-order valence-corrected chi connectivity index (χ4v) is 1.12. The number of rotatable bonds is 7. The molecule has 12 heavy (non-hydrogen) atoms. The predicted octanol–water partition coefficient (Wildman–Crippen LogP) is 4.29. The van der Waals surface area contributed by atoms with Crippen molar-refractivity contribution in [2.24, 2.45) is 0 Å². The van der Waals surface area contributed by atoms with Crippen molar-refractivity contribution in [3.8, 4) is 0 Å². The molecule has 69 valence electrons. The highest BCUT2D eigenvalue weighted by Crippen LogP contribution is 2.05. The fourth-order valence-electron chi connectivity index (χ4n) is 1.12. The van der Waals surface area contributed by atoms with Gasteiger partial charge < -0.3 is 0 Å². The minimum atomic E-state index is 1.22. The second-order valence-corrected chi connectivity index (χ2v) is 3.06. The van der Waals surface area contributed by atoms with Crippen LogP contribution >= 0.6 is 0 Å². The highest BCUT2D eigenvalue weighted by atomic mass is 13.9. The maximum atomic E-state index is 3.61. The molecule has 0 saturated carbocycles. The topological polar surface area (TPSA) is 0 Å². The number of hydrogen-bond acceptors (Lipinski definition) is 0. The molecule has 0 amide bonds. The van der Waals surface area contributed by atoms with Crippen LogP contribution < -0.4 is 0 Å². The van der Waals surface area contributed by atoms with Crippen LogP contribution in [0, 0.1) is 6.92 Å². The summed E-state index contributed by atoms with van der Waals surface area (Å²) in [6.45, 7) is 5.86. The lowest BCUT2D eigenvalue weighted by molar-refractivity contribution is 0.637. The van der Waals surface area contributed by atoms with Crippen LogP contribution in [0.3, 0.4) is 0 Å². The second kappa shape index (κ2) is 10.5. The van der Waals surface area contributed by atoms with Gasteiger partial charge in [0.2, 0.25) is 0 Å². The van der Waals surface area contributed by atoms with E-state index in [4.69, 9.17) is 0 Å². The third-order valence-corrected chi connectivity index (χ3v) is 1.86. The van der Waals surface area contributed by atoms with E-state index in [1.54, 1.807) is 0 Å². The molecule has 0 aromatic carbocycles. The Bertz CT molecular complexity index is 120. The Morgan fingerprint density at radius 2 is 1.75 bits per heavy atom. The van der Waals surface area contributed by atoms with Gasteiger partial charge in [-0.25, -0.2) is 0 Å². The highest BCUT2D eigenvalue weighted by molar-refractivity contribution is 5.03. The van der Waals surface area contributed by atoms with E-state index in [1.165, 1.54) is 38.5 Å². The molecule has 1 radical (unpaired) electrons. The minimum Gasteiger partial charge on any atom is -0.0845 e. The van der Waals surface area contributed by atoms with Crippen molar-refractivity contribution in [1.29, 1.82) is 0 Å². The molecule has 0 rings (SSSR count). The van der Waals surface area contributed by atoms with Crippen molar-refractivity contribution in [3.05, 3.63) is 31.2 Å². The maximum Gasteiger partial charge on any atom is -0.0313 e. The van der Waals surface area contributed by atoms with E-state index in [9.17, 15) is 0 Å². The molecular weight excluding hydrogens is 144 g/mol. The molecule has 0 aromatic heterocycles. The quantitative estimate of drug-likeness (QED) is 0.390. The van der Waals surface area contributed by atoms with Gasteiger partial charge in [0.15, 0.2) is 0 Å². The standard InChI is InChI=1S/C12H21/c1-3-5-7-9-11-12-10-8-6-4-2/h3,5,7,9H,1,4,6,8,10-12H2,2H3. The molecule has 0 bridgehead atoms. The van der Waals surface area contributed by atoms with Crippen LogP contribution in [-0.4, -0.2) is 0 Å². The average Bonchev–Trinajstić information content (AvgIpc) is 2.10. The largest absolute Gasteiger partial charge is 0.0845 e. The second-order valence-electron chi connectivity index (χ2n) is 3.06. The number of hydrogen-bond donors (Lipinski definition) is 0. The van der Waals surface area contributed by atoms with Crippen LogP contribution in [0.1, 0.15) is 45.4 Å². The average molecular weight is 165 g/mol. The maximum absolute atomic E-state index is 3.61. The molecule has 0 fully saturated rings. The molecule has 0 aliphatic heterocycles. The summed E-state index contributed by atoms with van der Waals surface area (Å²) in [7, 11) is 0.